The van der Waals surface area contributed by atoms with Crippen LogP contribution in [0.3, 0.4) is 0 Å². The van der Waals surface area contributed by atoms with Gasteiger partial charge in [-0.1, -0.05) is 27.5 Å². The van der Waals surface area contributed by atoms with Gasteiger partial charge in [-0.15, -0.1) is 0 Å². The molecule has 0 aliphatic heterocycles. The predicted octanol–water partition coefficient (Wildman–Crippen LogP) is 4.21. The molecule has 0 aliphatic carbocycles. The van der Waals surface area contributed by atoms with Gasteiger partial charge in [0.1, 0.15) is 5.82 Å². The van der Waals surface area contributed by atoms with Crippen LogP contribution in [0.1, 0.15) is 0 Å². The number of nitrogens with zero attached hydrogens (tertiary/aromatic N) is 2. The van der Waals surface area contributed by atoms with E-state index in [4.69, 9.17) is 11.6 Å². The number of rotatable bonds is 2. The minimum absolute atomic E-state index is 0.118. The molecule has 0 saturated heterocycles. The van der Waals surface area contributed by atoms with Crippen molar-refractivity contribution >= 4 is 33.3 Å². The Kier molecular flexibility index (Phi) is 3.58. The van der Waals surface area contributed by atoms with Crippen molar-refractivity contribution in [2.45, 2.75) is 0 Å². The molecule has 0 bridgehead atoms. The molecule has 0 amide bonds. The van der Waals surface area contributed by atoms with Crippen molar-refractivity contribution in [1.29, 1.82) is 0 Å². The van der Waals surface area contributed by atoms with Crippen LogP contribution in [-0.4, -0.2) is 9.91 Å². The molecular weight excluding hydrogens is 326 g/mol. The van der Waals surface area contributed by atoms with Gasteiger partial charge >= 0.3 is 5.82 Å². The Balaban J connectivity index is 2.63. The fraction of sp³-hybridized carbons (Fsp3) is 0. The van der Waals surface area contributed by atoms with Gasteiger partial charge in [0.05, 0.1) is 11.6 Å². The summed E-state index contributed by atoms with van der Waals surface area (Å²) in [4.78, 5) is 13.8. The first-order chi connectivity index (χ1) is 8.47. The molecule has 1 heterocycles. The summed E-state index contributed by atoms with van der Waals surface area (Å²) < 4.78 is 14.1. The summed E-state index contributed by atoms with van der Waals surface area (Å²) in [5.74, 6) is -0.905. The summed E-state index contributed by atoms with van der Waals surface area (Å²) in [5.41, 5.74) is 0.267. The first-order valence-electron chi connectivity index (χ1n) is 4.75. The molecule has 0 fully saturated rings. The van der Waals surface area contributed by atoms with Gasteiger partial charge in [-0.3, -0.25) is 0 Å². The average Bonchev–Trinajstić information content (AvgIpc) is 2.31. The summed E-state index contributed by atoms with van der Waals surface area (Å²) in [5, 5.41) is 11.0. The van der Waals surface area contributed by atoms with Gasteiger partial charge in [0, 0.05) is 15.6 Å². The predicted molar refractivity (Wildman–Crippen MR) is 69.0 cm³/mol. The van der Waals surface area contributed by atoms with Crippen LogP contribution in [-0.2, 0) is 0 Å². The van der Waals surface area contributed by atoms with E-state index in [1.54, 1.807) is 0 Å². The summed E-state index contributed by atoms with van der Waals surface area (Å²) in [7, 11) is 0. The van der Waals surface area contributed by atoms with Crippen molar-refractivity contribution in [3.05, 3.63) is 55.8 Å². The lowest BCUT2D eigenvalue weighted by Gasteiger charge is -2.01. The Morgan fingerprint density at radius 1 is 1.33 bits per heavy atom. The largest absolute Gasteiger partial charge is 0.365 e. The number of benzene rings is 1. The van der Waals surface area contributed by atoms with Gasteiger partial charge in [0.15, 0.2) is 5.69 Å². The van der Waals surface area contributed by atoms with E-state index in [9.17, 15) is 14.5 Å². The third kappa shape index (κ3) is 2.65. The van der Waals surface area contributed by atoms with Crippen LogP contribution >= 0.6 is 27.5 Å². The molecular formula is C11H5BrClFN2O2. The smallest absolute Gasteiger partial charge is 0.358 e. The molecule has 18 heavy (non-hydrogen) atoms. The van der Waals surface area contributed by atoms with Crippen molar-refractivity contribution in [2.24, 2.45) is 0 Å². The SMILES string of the molecule is O=[N+]([O-])c1cc(Br)cc(-c2cc(Cl)ccc2F)n1. The summed E-state index contributed by atoms with van der Waals surface area (Å²) >= 11 is 8.89. The molecule has 2 aromatic rings. The normalized spacial score (nSPS) is 10.4. The zero-order valence-corrected chi connectivity index (χ0v) is 11.1. The van der Waals surface area contributed by atoms with Gasteiger partial charge in [0.2, 0.25) is 0 Å². The molecule has 0 N–H and O–H groups in total. The van der Waals surface area contributed by atoms with Crippen LogP contribution in [0.5, 0.6) is 0 Å². The number of pyridine rings is 1. The van der Waals surface area contributed by atoms with Crippen molar-refractivity contribution in [2.75, 3.05) is 0 Å². The van der Waals surface area contributed by atoms with E-state index in [0.29, 0.717) is 9.50 Å². The second-order valence-electron chi connectivity index (χ2n) is 3.41. The molecule has 2 rings (SSSR count). The third-order valence-electron chi connectivity index (χ3n) is 2.17. The maximum absolute atomic E-state index is 13.6. The van der Waals surface area contributed by atoms with Gasteiger partial charge in [-0.2, -0.15) is 0 Å². The minimum atomic E-state index is -0.642. The molecule has 0 unspecified atom stereocenters. The highest BCUT2D eigenvalue weighted by Crippen LogP contribution is 2.28. The van der Waals surface area contributed by atoms with Gasteiger partial charge in [-0.05, 0) is 28.1 Å². The van der Waals surface area contributed by atoms with Gasteiger partial charge < -0.3 is 10.1 Å². The van der Waals surface area contributed by atoms with Crippen LogP contribution in [0, 0.1) is 15.9 Å². The van der Waals surface area contributed by atoms with E-state index in [2.05, 4.69) is 20.9 Å². The molecule has 0 radical (unpaired) electrons. The second kappa shape index (κ2) is 4.99. The molecule has 92 valence electrons. The van der Waals surface area contributed by atoms with Crippen LogP contribution in [0.2, 0.25) is 5.02 Å². The van der Waals surface area contributed by atoms with Crippen molar-refractivity contribution in [3.8, 4) is 11.3 Å². The molecule has 0 atom stereocenters. The molecule has 0 saturated carbocycles. The van der Waals surface area contributed by atoms with E-state index in [0.717, 1.165) is 0 Å². The molecule has 0 aliphatic rings. The Bertz CT molecular complexity index is 636. The molecule has 4 nitrogen and oxygen atoms in total. The molecule has 0 spiro atoms. The lowest BCUT2D eigenvalue weighted by atomic mass is 10.1. The quantitative estimate of drug-likeness (QED) is 0.612. The highest BCUT2D eigenvalue weighted by atomic mass is 79.9. The summed E-state index contributed by atoms with van der Waals surface area (Å²) in [6, 6.07) is 6.68. The van der Waals surface area contributed by atoms with E-state index < -0.39 is 10.7 Å². The zero-order chi connectivity index (χ0) is 13.3. The van der Waals surface area contributed by atoms with Gasteiger partial charge in [0.25, 0.3) is 0 Å². The van der Waals surface area contributed by atoms with Gasteiger partial charge in [-0.25, -0.2) is 4.39 Å². The van der Waals surface area contributed by atoms with Crippen molar-refractivity contribution in [1.82, 2.24) is 4.98 Å². The minimum Gasteiger partial charge on any atom is -0.358 e. The first-order valence-corrected chi connectivity index (χ1v) is 5.92. The first kappa shape index (κ1) is 12.9. The topological polar surface area (TPSA) is 56.0 Å². The molecule has 7 heteroatoms. The second-order valence-corrected chi connectivity index (χ2v) is 4.76. The maximum Gasteiger partial charge on any atom is 0.365 e. The van der Waals surface area contributed by atoms with Crippen LogP contribution in [0.4, 0.5) is 10.2 Å². The Hall–Kier alpha value is -1.53. The van der Waals surface area contributed by atoms with Crippen molar-refractivity contribution < 1.29 is 9.31 Å². The van der Waals surface area contributed by atoms with E-state index >= 15 is 0 Å². The number of nitro groups is 1. The summed E-state index contributed by atoms with van der Waals surface area (Å²) in [6.07, 6.45) is 0. The Morgan fingerprint density at radius 2 is 2.06 bits per heavy atom. The summed E-state index contributed by atoms with van der Waals surface area (Å²) in [6.45, 7) is 0. The number of hydrogen-bond donors (Lipinski definition) is 0. The molecule has 1 aromatic carbocycles. The maximum atomic E-state index is 13.6. The zero-order valence-electron chi connectivity index (χ0n) is 8.73. The molecule has 1 aromatic heterocycles. The lowest BCUT2D eigenvalue weighted by molar-refractivity contribution is -0.389. The third-order valence-corrected chi connectivity index (χ3v) is 2.86. The number of hydrogen-bond acceptors (Lipinski definition) is 3. The van der Waals surface area contributed by atoms with E-state index in [-0.39, 0.29) is 17.1 Å². The Morgan fingerprint density at radius 3 is 2.72 bits per heavy atom. The highest BCUT2D eigenvalue weighted by Gasteiger charge is 2.17. The highest BCUT2D eigenvalue weighted by molar-refractivity contribution is 9.10. The fourth-order valence-electron chi connectivity index (χ4n) is 1.41. The van der Waals surface area contributed by atoms with E-state index in [1.165, 1.54) is 30.3 Å². The lowest BCUT2D eigenvalue weighted by Crippen LogP contribution is -1.95. The van der Waals surface area contributed by atoms with E-state index in [1.807, 2.05) is 0 Å². The van der Waals surface area contributed by atoms with Crippen molar-refractivity contribution in [3.63, 3.8) is 0 Å². The average molecular weight is 332 g/mol. The van der Waals surface area contributed by atoms with Crippen LogP contribution < -0.4 is 0 Å². The monoisotopic (exact) mass is 330 g/mol. The standard InChI is InChI=1S/C11H5BrClFN2O2/c12-6-3-10(15-11(4-6)16(17)18)8-5-7(13)1-2-9(8)14/h1-5H. The number of halogens is 3. The number of aromatic nitrogens is 1. The Labute approximate surface area is 115 Å². The fourth-order valence-corrected chi connectivity index (χ4v) is 2.00. The van der Waals surface area contributed by atoms with Crippen LogP contribution in [0.25, 0.3) is 11.3 Å². The van der Waals surface area contributed by atoms with Crippen LogP contribution in [0.15, 0.2) is 34.8 Å².